The van der Waals surface area contributed by atoms with Gasteiger partial charge in [-0.25, -0.2) is 0 Å². The van der Waals surface area contributed by atoms with Gasteiger partial charge in [0.05, 0.1) is 6.07 Å². The third kappa shape index (κ3) is 3.48. The summed E-state index contributed by atoms with van der Waals surface area (Å²) in [5.74, 6) is 0.875. The molecule has 2 rings (SSSR count). The van der Waals surface area contributed by atoms with Crippen LogP contribution in [-0.2, 0) is 12.8 Å². The van der Waals surface area contributed by atoms with Crippen LogP contribution in [0.1, 0.15) is 37.8 Å². The molecule has 1 aromatic carbocycles. The summed E-state index contributed by atoms with van der Waals surface area (Å²) in [6, 6.07) is 8.59. The molecule has 0 heterocycles. The van der Waals surface area contributed by atoms with Crippen molar-refractivity contribution in [2.24, 2.45) is 0 Å². The van der Waals surface area contributed by atoms with Crippen LogP contribution >= 0.6 is 0 Å². The number of ether oxygens (including phenoxy) is 1. The summed E-state index contributed by atoms with van der Waals surface area (Å²) in [5.41, 5.74) is 2.23. The van der Waals surface area contributed by atoms with Crippen LogP contribution < -0.4 is 10.1 Å². The Morgan fingerprint density at radius 2 is 2.16 bits per heavy atom. The molecular weight excluding hydrogens is 236 g/mol. The molecule has 0 radical (unpaired) electrons. The van der Waals surface area contributed by atoms with Crippen LogP contribution in [-0.4, -0.2) is 18.7 Å². The van der Waals surface area contributed by atoms with E-state index in [0.29, 0.717) is 6.61 Å². The van der Waals surface area contributed by atoms with Crippen LogP contribution in [0.25, 0.3) is 0 Å². The molecule has 0 aromatic heterocycles. The second-order valence-corrected chi connectivity index (χ2v) is 5.44. The van der Waals surface area contributed by atoms with Gasteiger partial charge >= 0.3 is 0 Å². The van der Waals surface area contributed by atoms with E-state index in [0.717, 1.165) is 25.1 Å². The topological polar surface area (TPSA) is 45.0 Å². The van der Waals surface area contributed by atoms with Crippen molar-refractivity contribution in [2.75, 3.05) is 13.2 Å². The van der Waals surface area contributed by atoms with E-state index in [4.69, 9.17) is 4.74 Å². The third-order valence-electron chi connectivity index (χ3n) is 3.61. The molecule has 0 fully saturated rings. The molecule has 3 nitrogen and oxygen atoms in total. The van der Waals surface area contributed by atoms with Gasteiger partial charge in [-0.3, -0.25) is 5.32 Å². The van der Waals surface area contributed by atoms with Gasteiger partial charge in [0.2, 0.25) is 0 Å². The Morgan fingerprint density at radius 1 is 1.37 bits per heavy atom. The molecule has 1 aliphatic carbocycles. The number of nitrogens with zero attached hydrogens (tertiary/aromatic N) is 1. The normalized spacial score (nSPS) is 16.5. The predicted molar refractivity (Wildman–Crippen MR) is 76.3 cm³/mol. The minimum absolute atomic E-state index is 0.377. The maximum absolute atomic E-state index is 9.25. The number of fused-ring (bicyclic) bond motifs is 1. The monoisotopic (exact) mass is 258 g/mol. The van der Waals surface area contributed by atoms with E-state index in [1.54, 1.807) is 0 Å². The summed E-state index contributed by atoms with van der Waals surface area (Å²) in [6.45, 7) is 5.18. The molecule has 0 saturated carbocycles. The second-order valence-electron chi connectivity index (χ2n) is 5.44. The fourth-order valence-electron chi connectivity index (χ4n) is 2.39. The van der Waals surface area contributed by atoms with Crippen LogP contribution in [0.2, 0.25) is 0 Å². The third-order valence-corrected chi connectivity index (χ3v) is 3.61. The van der Waals surface area contributed by atoms with Gasteiger partial charge < -0.3 is 4.74 Å². The number of nitriles is 1. The quantitative estimate of drug-likeness (QED) is 0.853. The van der Waals surface area contributed by atoms with Gasteiger partial charge in [0, 0.05) is 0 Å². The molecular formula is C16H22N2O. The van der Waals surface area contributed by atoms with Gasteiger partial charge in [-0.1, -0.05) is 13.0 Å². The molecule has 0 amide bonds. The number of nitrogens with one attached hydrogen (secondary N) is 1. The Hall–Kier alpha value is -1.53. The summed E-state index contributed by atoms with van der Waals surface area (Å²) in [4.78, 5) is 0. The summed E-state index contributed by atoms with van der Waals surface area (Å²) < 4.78 is 5.80. The zero-order chi connectivity index (χ0) is 13.7. The fraction of sp³-hybridized carbons (Fsp3) is 0.562. The Balaban J connectivity index is 1.96. The standard InChI is InChI=1S/C16H22N2O/c1-3-9-18-16(2,11-17)12-19-15-8-7-13-5-4-6-14(13)10-15/h7-8,10,18H,3-6,9,12H2,1-2H3. The molecule has 1 atom stereocenters. The minimum atomic E-state index is -0.616. The maximum atomic E-state index is 9.25. The Labute approximate surface area is 115 Å². The molecule has 3 heteroatoms. The average molecular weight is 258 g/mol. The molecule has 0 bridgehead atoms. The maximum Gasteiger partial charge on any atom is 0.138 e. The smallest absolute Gasteiger partial charge is 0.138 e. The summed E-state index contributed by atoms with van der Waals surface area (Å²) in [7, 11) is 0. The first-order chi connectivity index (χ1) is 9.17. The minimum Gasteiger partial charge on any atom is -0.491 e. The first kappa shape index (κ1) is 13.9. The van der Waals surface area contributed by atoms with Gasteiger partial charge in [0.25, 0.3) is 0 Å². The Bertz CT molecular complexity index is 478. The van der Waals surface area contributed by atoms with Crippen molar-refractivity contribution in [1.82, 2.24) is 5.32 Å². The zero-order valence-corrected chi connectivity index (χ0v) is 11.8. The van der Waals surface area contributed by atoms with Crippen LogP contribution in [0.5, 0.6) is 5.75 Å². The molecule has 102 valence electrons. The first-order valence-electron chi connectivity index (χ1n) is 7.08. The molecule has 19 heavy (non-hydrogen) atoms. The zero-order valence-electron chi connectivity index (χ0n) is 11.8. The van der Waals surface area contributed by atoms with E-state index >= 15 is 0 Å². The molecule has 1 N–H and O–H groups in total. The van der Waals surface area contributed by atoms with Gasteiger partial charge in [-0.2, -0.15) is 5.26 Å². The largest absolute Gasteiger partial charge is 0.491 e. The van der Waals surface area contributed by atoms with Crippen molar-refractivity contribution in [1.29, 1.82) is 5.26 Å². The van der Waals surface area contributed by atoms with E-state index in [1.807, 2.05) is 13.0 Å². The van der Waals surface area contributed by atoms with Crippen molar-refractivity contribution in [2.45, 2.75) is 45.1 Å². The average Bonchev–Trinajstić information content (AvgIpc) is 2.90. The van der Waals surface area contributed by atoms with E-state index in [9.17, 15) is 5.26 Å². The lowest BCUT2D eigenvalue weighted by molar-refractivity contribution is 0.234. The van der Waals surface area contributed by atoms with Crippen LogP contribution in [0.4, 0.5) is 0 Å². The predicted octanol–water partition coefficient (Wildman–Crippen LogP) is 2.84. The highest BCUT2D eigenvalue weighted by Crippen LogP contribution is 2.26. The number of hydrogen-bond acceptors (Lipinski definition) is 3. The molecule has 1 aliphatic rings. The highest BCUT2D eigenvalue weighted by atomic mass is 16.5. The van der Waals surface area contributed by atoms with Crippen LogP contribution in [0, 0.1) is 11.3 Å². The number of aryl methyl sites for hydroxylation is 2. The lowest BCUT2D eigenvalue weighted by Gasteiger charge is -2.23. The fourth-order valence-corrected chi connectivity index (χ4v) is 2.39. The van der Waals surface area contributed by atoms with Gasteiger partial charge in [-0.15, -0.1) is 0 Å². The van der Waals surface area contributed by atoms with Crippen molar-refractivity contribution in [3.8, 4) is 11.8 Å². The van der Waals surface area contributed by atoms with Crippen LogP contribution in [0.15, 0.2) is 18.2 Å². The van der Waals surface area contributed by atoms with Crippen molar-refractivity contribution < 1.29 is 4.74 Å². The molecule has 0 saturated heterocycles. The van der Waals surface area contributed by atoms with E-state index in [2.05, 4.69) is 30.4 Å². The molecule has 1 aromatic rings. The first-order valence-corrected chi connectivity index (χ1v) is 7.08. The van der Waals surface area contributed by atoms with Gasteiger partial charge in [0.15, 0.2) is 0 Å². The van der Waals surface area contributed by atoms with Gasteiger partial charge in [0.1, 0.15) is 17.9 Å². The lowest BCUT2D eigenvalue weighted by atomic mass is 10.1. The highest BCUT2D eigenvalue weighted by Gasteiger charge is 2.24. The van der Waals surface area contributed by atoms with Crippen molar-refractivity contribution in [3.63, 3.8) is 0 Å². The van der Waals surface area contributed by atoms with Crippen molar-refractivity contribution >= 4 is 0 Å². The summed E-state index contributed by atoms with van der Waals surface area (Å²) in [6.07, 6.45) is 4.59. The van der Waals surface area contributed by atoms with Gasteiger partial charge in [-0.05, 0) is 62.4 Å². The summed E-state index contributed by atoms with van der Waals surface area (Å²) >= 11 is 0. The van der Waals surface area contributed by atoms with Crippen LogP contribution in [0.3, 0.4) is 0 Å². The SMILES string of the molecule is CCCNC(C)(C#N)COc1ccc2c(c1)CCC2. The van der Waals surface area contributed by atoms with E-state index < -0.39 is 5.54 Å². The van der Waals surface area contributed by atoms with Crippen molar-refractivity contribution in [3.05, 3.63) is 29.3 Å². The highest BCUT2D eigenvalue weighted by molar-refractivity contribution is 5.38. The Kier molecular flexibility index (Phi) is 4.44. The molecule has 1 unspecified atom stereocenters. The lowest BCUT2D eigenvalue weighted by Crippen LogP contribution is -2.46. The van der Waals surface area contributed by atoms with E-state index in [-0.39, 0.29) is 0 Å². The number of rotatable bonds is 6. The Morgan fingerprint density at radius 3 is 2.89 bits per heavy atom. The second kappa shape index (κ2) is 6.08. The molecule has 0 spiro atoms. The molecule has 0 aliphatic heterocycles. The number of benzene rings is 1. The number of hydrogen-bond donors (Lipinski definition) is 1. The summed E-state index contributed by atoms with van der Waals surface area (Å²) in [5, 5.41) is 12.5. The van der Waals surface area contributed by atoms with E-state index in [1.165, 1.54) is 24.0 Å².